The fourth-order valence-corrected chi connectivity index (χ4v) is 3.91. The number of ketones is 1. The number of aliphatic hydroxyl groups excluding tert-OH is 1. The van der Waals surface area contributed by atoms with E-state index in [9.17, 15) is 14.1 Å². The Morgan fingerprint density at radius 2 is 2.00 bits per heavy atom. The Bertz CT molecular complexity index is 680. The molecule has 22 heavy (non-hydrogen) atoms. The van der Waals surface area contributed by atoms with Crippen molar-refractivity contribution in [2.24, 2.45) is 11.7 Å². The van der Waals surface area contributed by atoms with Crippen LogP contribution in [0.25, 0.3) is 0 Å². The molecule has 0 aliphatic heterocycles. The number of hydrogen-bond donors (Lipinski definition) is 2. The van der Waals surface area contributed by atoms with E-state index in [1.54, 1.807) is 6.92 Å². The highest BCUT2D eigenvalue weighted by Gasteiger charge is 2.36. The molecule has 0 aromatic heterocycles. The lowest BCUT2D eigenvalue weighted by Gasteiger charge is -2.19. The molecule has 0 saturated heterocycles. The van der Waals surface area contributed by atoms with Gasteiger partial charge in [-0.15, -0.1) is 0 Å². The highest BCUT2D eigenvalue weighted by Crippen LogP contribution is 2.40. The van der Waals surface area contributed by atoms with Crippen LogP contribution in [0.1, 0.15) is 31.4 Å². The Morgan fingerprint density at radius 3 is 2.45 bits per heavy atom. The average molecular weight is 362 g/mol. The molecular weight excluding hydrogens is 345 g/mol. The van der Waals surface area contributed by atoms with Crippen molar-refractivity contribution in [3.05, 3.63) is 39.0 Å². The summed E-state index contributed by atoms with van der Waals surface area (Å²) in [6, 6.07) is 3.03. The second kappa shape index (κ2) is 6.71. The molecule has 2 rings (SSSR count). The van der Waals surface area contributed by atoms with Gasteiger partial charge in [-0.25, -0.2) is 0 Å². The lowest BCUT2D eigenvalue weighted by Crippen LogP contribution is -2.19. The quantitative estimate of drug-likeness (QED) is 0.790. The Balaban J connectivity index is 2.54. The normalized spacial score (nSPS) is 18.6. The summed E-state index contributed by atoms with van der Waals surface area (Å²) in [6.07, 6.45) is 1.77. The predicted molar refractivity (Wildman–Crippen MR) is 88.4 cm³/mol. The number of Topliss-reactive ketones (excluding diaryl/α,β-unsaturated/α-hetero) is 1. The molecule has 0 spiro atoms. The lowest BCUT2D eigenvalue weighted by molar-refractivity contribution is -0.117. The molecule has 3 N–H and O–H groups in total. The summed E-state index contributed by atoms with van der Waals surface area (Å²) in [6.45, 7) is 1.57. The van der Waals surface area contributed by atoms with Crippen molar-refractivity contribution in [2.75, 3.05) is 6.26 Å². The van der Waals surface area contributed by atoms with E-state index in [1.165, 1.54) is 18.4 Å². The van der Waals surface area contributed by atoms with Gasteiger partial charge in [0.1, 0.15) is 6.10 Å². The smallest absolute Gasteiger partial charge is 0.166 e. The van der Waals surface area contributed by atoms with Crippen molar-refractivity contribution in [3.63, 3.8) is 0 Å². The van der Waals surface area contributed by atoms with Gasteiger partial charge in [-0.05, 0) is 25.8 Å². The summed E-state index contributed by atoms with van der Waals surface area (Å²) < 4.78 is 12.0. The molecule has 0 heterocycles. The Kier molecular flexibility index (Phi) is 5.33. The second-order valence-corrected chi connectivity index (χ2v) is 7.47. The molecule has 120 valence electrons. The monoisotopic (exact) mass is 361 g/mol. The van der Waals surface area contributed by atoms with Gasteiger partial charge >= 0.3 is 0 Å². The van der Waals surface area contributed by atoms with Crippen LogP contribution < -0.4 is 5.73 Å². The maximum Gasteiger partial charge on any atom is 0.166 e. The molecule has 1 aromatic carbocycles. The summed E-state index contributed by atoms with van der Waals surface area (Å²) in [4.78, 5) is 12.6. The van der Waals surface area contributed by atoms with Crippen molar-refractivity contribution in [3.8, 4) is 0 Å². The first kappa shape index (κ1) is 17.5. The maximum atomic E-state index is 12.4. The Morgan fingerprint density at radius 1 is 1.41 bits per heavy atom. The third-order valence-corrected chi connectivity index (χ3v) is 5.51. The number of carbonyl (C=O) groups is 1. The van der Waals surface area contributed by atoms with Crippen LogP contribution in [-0.2, 0) is 15.6 Å². The summed E-state index contributed by atoms with van der Waals surface area (Å²) in [5.74, 6) is -0.243. The molecule has 1 saturated carbocycles. The molecule has 1 aliphatic carbocycles. The van der Waals surface area contributed by atoms with Crippen LogP contribution in [0.4, 0.5) is 0 Å². The summed E-state index contributed by atoms with van der Waals surface area (Å²) in [7, 11) is -1.47. The first-order valence-corrected chi connectivity index (χ1v) is 9.07. The highest BCUT2D eigenvalue weighted by molar-refractivity contribution is 7.84. The van der Waals surface area contributed by atoms with E-state index in [1.807, 2.05) is 0 Å². The zero-order chi connectivity index (χ0) is 16.6. The fraction of sp³-hybridized carbons (Fsp3) is 0.400. The van der Waals surface area contributed by atoms with E-state index in [-0.39, 0.29) is 37.9 Å². The Labute approximate surface area is 141 Å². The molecule has 1 fully saturated rings. The molecule has 0 amide bonds. The standard InChI is InChI=1S/C15H17Cl2NO3S/c1-7(18)11(13(19)8-3-4-8)14(20)9-5-6-10(16)12(17)15(9)22(2)21/h5-6,8,14,20H,3-4,18H2,1-2H3/b11-7+. The number of allylic oxidation sites excluding steroid dienone is 1. The first-order chi connectivity index (χ1) is 10.3. The zero-order valence-corrected chi connectivity index (χ0v) is 14.6. The van der Waals surface area contributed by atoms with Gasteiger partial charge in [0.2, 0.25) is 0 Å². The minimum absolute atomic E-state index is 0.0819. The largest absolute Gasteiger partial charge is 0.402 e. The van der Waals surface area contributed by atoms with E-state index >= 15 is 0 Å². The lowest BCUT2D eigenvalue weighted by atomic mass is 9.94. The van der Waals surface area contributed by atoms with Crippen molar-refractivity contribution in [1.29, 1.82) is 0 Å². The molecule has 0 radical (unpaired) electrons. The highest BCUT2D eigenvalue weighted by atomic mass is 35.5. The number of halogens is 2. The molecule has 2 unspecified atom stereocenters. The molecule has 4 nitrogen and oxygen atoms in total. The van der Waals surface area contributed by atoms with Crippen LogP contribution in [0.2, 0.25) is 10.0 Å². The fourth-order valence-electron chi connectivity index (χ4n) is 2.32. The zero-order valence-electron chi connectivity index (χ0n) is 12.2. The number of rotatable bonds is 5. The van der Waals surface area contributed by atoms with Crippen molar-refractivity contribution in [2.45, 2.75) is 30.8 Å². The van der Waals surface area contributed by atoms with E-state index < -0.39 is 16.9 Å². The third-order valence-electron chi connectivity index (χ3n) is 3.57. The van der Waals surface area contributed by atoms with E-state index in [0.29, 0.717) is 5.56 Å². The maximum absolute atomic E-state index is 12.4. The van der Waals surface area contributed by atoms with Crippen LogP contribution in [-0.4, -0.2) is 21.4 Å². The van der Waals surface area contributed by atoms with E-state index in [2.05, 4.69) is 0 Å². The van der Waals surface area contributed by atoms with Gasteiger partial charge in [0.05, 0.1) is 25.7 Å². The average Bonchev–Trinajstić information content (AvgIpc) is 3.24. The third kappa shape index (κ3) is 3.38. The molecule has 1 aliphatic rings. The van der Waals surface area contributed by atoms with Gasteiger partial charge < -0.3 is 10.8 Å². The number of hydrogen-bond acceptors (Lipinski definition) is 4. The predicted octanol–water partition coefficient (Wildman–Crippen LogP) is 2.98. The number of aliphatic hydroxyl groups is 1. The Hall–Kier alpha value is -0.880. The summed E-state index contributed by atoms with van der Waals surface area (Å²) in [5.41, 5.74) is 6.49. The van der Waals surface area contributed by atoms with Gasteiger partial charge in [-0.3, -0.25) is 9.00 Å². The molecule has 0 bridgehead atoms. The minimum atomic E-state index is -1.47. The summed E-state index contributed by atoms with van der Waals surface area (Å²) in [5, 5.41) is 11.0. The van der Waals surface area contributed by atoms with E-state index in [4.69, 9.17) is 28.9 Å². The van der Waals surface area contributed by atoms with Gasteiger partial charge in [0.25, 0.3) is 0 Å². The van der Waals surface area contributed by atoms with Crippen LogP contribution in [0.3, 0.4) is 0 Å². The van der Waals surface area contributed by atoms with Gasteiger partial charge in [-0.1, -0.05) is 29.3 Å². The van der Waals surface area contributed by atoms with Crippen molar-refractivity contribution < 1.29 is 14.1 Å². The van der Waals surface area contributed by atoms with Crippen LogP contribution in [0, 0.1) is 5.92 Å². The van der Waals surface area contributed by atoms with E-state index in [0.717, 1.165) is 12.8 Å². The van der Waals surface area contributed by atoms with Gasteiger partial charge in [-0.2, -0.15) is 0 Å². The van der Waals surface area contributed by atoms with Gasteiger partial charge in [0.15, 0.2) is 5.78 Å². The van der Waals surface area contributed by atoms with Crippen molar-refractivity contribution >= 4 is 39.8 Å². The van der Waals surface area contributed by atoms with Crippen LogP contribution in [0.15, 0.2) is 28.3 Å². The first-order valence-electron chi connectivity index (χ1n) is 6.75. The van der Waals surface area contributed by atoms with Crippen LogP contribution >= 0.6 is 23.2 Å². The molecular formula is C15H17Cl2NO3S. The SMILES string of the molecule is C/C(N)=C(/C(=O)C1CC1)C(O)c1ccc(Cl)c(Cl)c1S(C)=O. The van der Waals surface area contributed by atoms with Crippen LogP contribution in [0.5, 0.6) is 0 Å². The molecule has 2 atom stereocenters. The van der Waals surface area contributed by atoms with Gasteiger partial charge in [0, 0.05) is 29.0 Å². The number of nitrogens with two attached hydrogens (primary N) is 1. The number of benzene rings is 1. The second-order valence-electron chi connectivity index (χ2n) is 5.37. The minimum Gasteiger partial charge on any atom is -0.402 e. The molecule has 1 aromatic rings. The topological polar surface area (TPSA) is 80.4 Å². The molecule has 7 heteroatoms. The van der Waals surface area contributed by atoms with Crippen molar-refractivity contribution in [1.82, 2.24) is 0 Å². The number of carbonyl (C=O) groups excluding carboxylic acids is 1. The summed E-state index contributed by atoms with van der Waals surface area (Å²) >= 11 is 12.1.